The molecule has 0 radical (unpaired) electrons. The van der Waals surface area contributed by atoms with Crippen LogP contribution in [0.3, 0.4) is 0 Å². The van der Waals surface area contributed by atoms with Gasteiger partial charge in [-0.3, -0.25) is 9.48 Å². The quantitative estimate of drug-likeness (QED) is 0.455. The van der Waals surface area contributed by atoms with Crippen molar-refractivity contribution in [3.8, 4) is 16.9 Å². The fourth-order valence-electron chi connectivity index (χ4n) is 5.88. The number of hydrogen-bond acceptors (Lipinski definition) is 5. The molecule has 2 aliphatic heterocycles. The van der Waals surface area contributed by atoms with Crippen molar-refractivity contribution in [3.63, 3.8) is 0 Å². The predicted molar refractivity (Wildman–Crippen MR) is 145 cm³/mol. The van der Waals surface area contributed by atoms with Crippen molar-refractivity contribution in [1.29, 1.82) is 0 Å². The molecule has 186 valence electrons. The van der Waals surface area contributed by atoms with Crippen LogP contribution in [-0.2, 0) is 13.5 Å². The maximum Gasteiger partial charge on any atom is 0.253 e. The van der Waals surface area contributed by atoms with Gasteiger partial charge in [0.25, 0.3) is 5.56 Å². The number of aryl methyl sites for hydroxylation is 3. The maximum atomic E-state index is 12.5. The average molecular weight is 484 g/mol. The van der Waals surface area contributed by atoms with Gasteiger partial charge in [-0.1, -0.05) is 6.07 Å². The Hall–Kier alpha value is -3.58. The van der Waals surface area contributed by atoms with Crippen LogP contribution in [-0.4, -0.2) is 41.1 Å². The Morgan fingerprint density at radius 1 is 1.11 bits per heavy atom. The van der Waals surface area contributed by atoms with Gasteiger partial charge in [-0.25, -0.2) is 0 Å². The molecule has 0 saturated carbocycles. The highest BCUT2D eigenvalue weighted by atomic mass is 16.5. The van der Waals surface area contributed by atoms with Gasteiger partial charge in [0, 0.05) is 53.6 Å². The number of methoxy groups -OCH3 is 1. The van der Waals surface area contributed by atoms with E-state index < -0.39 is 0 Å². The molecule has 2 aliphatic rings. The molecular formula is C29H33N5O2. The molecule has 2 aromatic carbocycles. The summed E-state index contributed by atoms with van der Waals surface area (Å²) in [6.07, 6.45) is 8.44. The Bertz CT molecular complexity index is 1500. The molecular weight excluding hydrogens is 450 g/mol. The van der Waals surface area contributed by atoms with Gasteiger partial charge in [-0.05, 0) is 75.5 Å². The van der Waals surface area contributed by atoms with Crippen LogP contribution in [0.4, 0.5) is 11.4 Å². The van der Waals surface area contributed by atoms with Gasteiger partial charge in [-0.15, -0.1) is 0 Å². The number of aromatic nitrogens is 3. The van der Waals surface area contributed by atoms with E-state index in [0.717, 1.165) is 84.3 Å². The van der Waals surface area contributed by atoms with Crippen molar-refractivity contribution in [2.75, 3.05) is 31.6 Å². The number of nitrogens with one attached hydrogen (secondary N) is 1. The van der Waals surface area contributed by atoms with Gasteiger partial charge < -0.3 is 19.5 Å². The van der Waals surface area contributed by atoms with Crippen LogP contribution in [0.25, 0.3) is 22.0 Å². The highest BCUT2D eigenvalue weighted by Gasteiger charge is 2.24. The number of piperidine rings is 1. The minimum atomic E-state index is 0.0510. The number of rotatable bonds is 4. The first-order valence-electron chi connectivity index (χ1n) is 12.9. The van der Waals surface area contributed by atoms with E-state index in [1.165, 1.54) is 11.3 Å². The van der Waals surface area contributed by atoms with E-state index in [-0.39, 0.29) is 5.56 Å². The minimum Gasteiger partial charge on any atom is -0.496 e. The molecule has 7 heteroatoms. The fourth-order valence-corrected chi connectivity index (χ4v) is 5.88. The summed E-state index contributed by atoms with van der Waals surface area (Å²) in [5, 5.41) is 9.24. The predicted octanol–water partition coefficient (Wildman–Crippen LogP) is 4.73. The molecule has 1 fully saturated rings. The molecule has 36 heavy (non-hydrogen) atoms. The third-order valence-electron chi connectivity index (χ3n) is 7.83. The highest BCUT2D eigenvalue weighted by molar-refractivity contribution is 5.95. The Balaban J connectivity index is 1.43. The zero-order valence-electron chi connectivity index (χ0n) is 21.3. The second-order valence-corrected chi connectivity index (χ2v) is 10.0. The molecule has 1 saturated heterocycles. The van der Waals surface area contributed by atoms with E-state index >= 15 is 0 Å². The molecule has 2 aromatic heterocycles. The number of pyridine rings is 1. The number of nitrogens with zero attached hydrogens (tertiary/aromatic N) is 4. The lowest BCUT2D eigenvalue weighted by Gasteiger charge is -2.33. The lowest BCUT2D eigenvalue weighted by atomic mass is 9.95. The van der Waals surface area contributed by atoms with E-state index in [4.69, 9.17) is 9.84 Å². The van der Waals surface area contributed by atoms with Crippen LogP contribution in [0.15, 0.2) is 53.6 Å². The first-order chi connectivity index (χ1) is 17.5. The topological polar surface area (TPSA) is 64.3 Å². The van der Waals surface area contributed by atoms with Crippen molar-refractivity contribution in [1.82, 2.24) is 19.7 Å². The summed E-state index contributed by atoms with van der Waals surface area (Å²) in [5.74, 6) is 0.856. The average Bonchev–Trinajstić information content (AvgIpc) is 3.41. The Labute approximate surface area is 211 Å². The molecule has 0 atom stereocenters. The molecule has 0 amide bonds. The first kappa shape index (κ1) is 22.9. The Morgan fingerprint density at radius 2 is 1.94 bits per heavy atom. The second kappa shape index (κ2) is 9.13. The molecule has 1 N–H and O–H groups in total. The van der Waals surface area contributed by atoms with E-state index in [2.05, 4.69) is 39.3 Å². The second-order valence-electron chi connectivity index (χ2n) is 10.0. The molecule has 7 nitrogen and oxygen atoms in total. The summed E-state index contributed by atoms with van der Waals surface area (Å²) < 4.78 is 9.81. The Kier molecular flexibility index (Phi) is 5.80. The molecule has 0 spiro atoms. The normalized spacial score (nSPS) is 16.4. The standard InChI is InChI=1S/C29H33N5O2/c1-19-14-24-25(32(2)29(19)35)7-4-8-26(24)33-13-5-6-20-15-23(28(36-3)16-27(20)33)21-17-31-34(18-21)22-9-11-30-12-10-22/h4,7-8,14-18,22,30H,5-6,9-13H2,1-3H3. The monoisotopic (exact) mass is 483 g/mol. The molecule has 0 aliphatic carbocycles. The van der Waals surface area contributed by atoms with Gasteiger partial charge >= 0.3 is 0 Å². The molecule has 0 unspecified atom stereocenters. The largest absolute Gasteiger partial charge is 0.496 e. The SMILES string of the molecule is COc1cc2c(cc1-c1cnn(C3CCNCC3)c1)CCCN2c1cccc2c1cc(C)c(=O)n2C. The Morgan fingerprint density at radius 3 is 2.75 bits per heavy atom. The number of hydrogen-bond donors (Lipinski definition) is 1. The summed E-state index contributed by atoms with van der Waals surface area (Å²) in [6, 6.07) is 13.2. The molecule has 6 rings (SSSR count). The van der Waals surface area contributed by atoms with Crippen molar-refractivity contribution >= 4 is 22.3 Å². The lowest BCUT2D eigenvalue weighted by Crippen LogP contribution is -2.29. The lowest BCUT2D eigenvalue weighted by molar-refractivity contribution is 0.343. The van der Waals surface area contributed by atoms with E-state index in [0.29, 0.717) is 6.04 Å². The molecule has 4 heterocycles. The van der Waals surface area contributed by atoms with Crippen LogP contribution in [0.1, 0.15) is 36.4 Å². The number of anilines is 2. The third-order valence-corrected chi connectivity index (χ3v) is 7.83. The van der Waals surface area contributed by atoms with E-state index in [9.17, 15) is 4.79 Å². The van der Waals surface area contributed by atoms with Gasteiger partial charge in [0.05, 0.1) is 30.6 Å². The summed E-state index contributed by atoms with van der Waals surface area (Å²) in [6.45, 7) is 4.89. The van der Waals surface area contributed by atoms with Crippen molar-refractivity contribution < 1.29 is 4.74 Å². The highest BCUT2D eigenvalue weighted by Crippen LogP contribution is 2.43. The zero-order chi connectivity index (χ0) is 24.8. The number of ether oxygens (including phenoxy) is 1. The minimum absolute atomic E-state index is 0.0510. The van der Waals surface area contributed by atoms with Crippen LogP contribution < -0.4 is 20.5 Å². The van der Waals surface area contributed by atoms with Crippen molar-refractivity contribution in [2.45, 2.75) is 38.6 Å². The van der Waals surface area contributed by atoms with Crippen LogP contribution >= 0.6 is 0 Å². The van der Waals surface area contributed by atoms with E-state index in [1.807, 2.05) is 38.4 Å². The van der Waals surface area contributed by atoms with Gasteiger partial charge in [0.2, 0.25) is 0 Å². The van der Waals surface area contributed by atoms with Crippen LogP contribution in [0, 0.1) is 6.92 Å². The first-order valence-corrected chi connectivity index (χ1v) is 12.9. The fraction of sp³-hybridized carbons (Fsp3) is 0.379. The summed E-state index contributed by atoms with van der Waals surface area (Å²) in [7, 11) is 3.59. The zero-order valence-corrected chi connectivity index (χ0v) is 21.3. The van der Waals surface area contributed by atoms with Crippen LogP contribution in [0.5, 0.6) is 5.75 Å². The van der Waals surface area contributed by atoms with Gasteiger partial charge in [-0.2, -0.15) is 5.10 Å². The summed E-state index contributed by atoms with van der Waals surface area (Å²) in [5.41, 5.74) is 7.56. The summed E-state index contributed by atoms with van der Waals surface area (Å²) >= 11 is 0. The number of fused-ring (bicyclic) bond motifs is 2. The smallest absolute Gasteiger partial charge is 0.253 e. The van der Waals surface area contributed by atoms with Gasteiger partial charge in [0.15, 0.2) is 0 Å². The van der Waals surface area contributed by atoms with Crippen LogP contribution in [0.2, 0.25) is 0 Å². The third kappa shape index (κ3) is 3.78. The number of benzene rings is 2. The van der Waals surface area contributed by atoms with Gasteiger partial charge in [0.1, 0.15) is 5.75 Å². The summed E-state index contributed by atoms with van der Waals surface area (Å²) in [4.78, 5) is 14.9. The van der Waals surface area contributed by atoms with Crippen molar-refractivity contribution in [3.05, 3.63) is 70.3 Å². The molecule has 4 aromatic rings. The van der Waals surface area contributed by atoms with E-state index in [1.54, 1.807) is 11.7 Å². The maximum absolute atomic E-state index is 12.5. The molecule has 0 bridgehead atoms. The van der Waals surface area contributed by atoms with Crippen molar-refractivity contribution in [2.24, 2.45) is 7.05 Å².